The summed E-state index contributed by atoms with van der Waals surface area (Å²) in [6.45, 7) is 8.71. The van der Waals surface area contributed by atoms with Gasteiger partial charge in [0.25, 0.3) is 0 Å². The highest BCUT2D eigenvalue weighted by atomic mass is 19.1. The second-order valence-electron chi connectivity index (χ2n) is 6.79. The first kappa shape index (κ1) is 16.9. The number of hydrogen-bond acceptors (Lipinski definition) is 3. The van der Waals surface area contributed by atoms with Gasteiger partial charge in [0.15, 0.2) is 0 Å². The number of ether oxygens (including phenoxy) is 2. The van der Waals surface area contributed by atoms with E-state index in [1.807, 2.05) is 13.8 Å². The van der Waals surface area contributed by atoms with Gasteiger partial charge in [-0.1, -0.05) is 27.7 Å². The monoisotopic (exact) mass is 312 g/mol. The van der Waals surface area contributed by atoms with Gasteiger partial charge < -0.3 is 9.47 Å². The van der Waals surface area contributed by atoms with Gasteiger partial charge in [-0.25, -0.2) is 13.6 Å². The molecule has 0 radical (unpaired) electrons. The Morgan fingerprint density at radius 1 is 1.32 bits per heavy atom. The predicted molar refractivity (Wildman–Crippen MR) is 78.5 cm³/mol. The number of benzene rings is 1. The van der Waals surface area contributed by atoms with Gasteiger partial charge in [0.2, 0.25) is 0 Å². The number of hydrogen-bond donors (Lipinski definition) is 0. The molecule has 0 heterocycles. The van der Waals surface area contributed by atoms with Crippen molar-refractivity contribution < 1.29 is 23.0 Å². The quantitative estimate of drug-likeness (QED) is 0.772. The van der Waals surface area contributed by atoms with Gasteiger partial charge in [-0.3, -0.25) is 0 Å². The van der Waals surface area contributed by atoms with Crippen LogP contribution in [0.5, 0.6) is 0 Å². The second-order valence-corrected chi connectivity index (χ2v) is 6.79. The summed E-state index contributed by atoms with van der Waals surface area (Å²) in [6, 6.07) is 2.82. The molecule has 2 atom stereocenters. The highest BCUT2D eigenvalue weighted by Gasteiger charge is 2.51. The van der Waals surface area contributed by atoms with Gasteiger partial charge in [0, 0.05) is 24.5 Å². The summed E-state index contributed by atoms with van der Waals surface area (Å²) in [5.41, 5.74) is -0.565. The molecule has 1 aromatic rings. The molecule has 1 aliphatic carbocycles. The molecule has 1 fully saturated rings. The highest BCUT2D eigenvalue weighted by Crippen LogP contribution is 2.45. The molecule has 0 amide bonds. The molecular weight excluding hydrogens is 290 g/mol. The van der Waals surface area contributed by atoms with Crippen molar-refractivity contribution in [2.24, 2.45) is 11.3 Å². The summed E-state index contributed by atoms with van der Waals surface area (Å²) in [6.07, 6.45) is 0.279. The number of carbonyl (C=O) groups is 1. The lowest BCUT2D eigenvalue weighted by molar-refractivity contribution is -0.180. The van der Waals surface area contributed by atoms with Gasteiger partial charge in [-0.05, 0) is 18.1 Å². The minimum atomic E-state index is -0.908. The van der Waals surface area contributed by atoms with Crippen molar-refractivity contribution in [2.45, 2.75) is 46.3 Å². The molecule has 0 N–H and O–H groups in total. The van der Waals surface area contributed by atoms with Crippen LogP contribution in [0.1, 0.15) is 44.5 Å². The standard InChI is InChI=1S/C17H22F2O3/c1-10(2)9-21-14-8-15(17(14,3)4)22-16(20)12-6-5-11(18)7-13(12)19/h5-7,10,14-15H,8-9H2,1-4H3. The van der Waals surface area contributed by atoms with Crippen LogP contribution in [0.2, 0.25) is 0 Å². The SMILES string of the molecule is CC(C)COC1CC(OC(=O)c2ccc(F)cc2F)C1(C)C. The largest absolute Gasteiger partial charge is 0.458 e. The van der Waals surface area contributed by atoms with Gasteiger partial charge in [0.05, 0.1) is 11.7 Å². The van der Waals surface area contributed by atoms with Crippen LogP contribution in [0.3, 0.4) is 0 Å². The van der Waals surface area contributed by atoms with E-state index in [9.17, 15) is 13.6 Å². The second kappa shape index (κ2) is 6.32. The van der Waals surface area contributed by atoms with Crippen LogP contribution in [0, 0.1) is 23.0 Å². The van der Waals surface area contributed by atoms with Crippen LogP contribution in [-0.4, -0.2) is 24.8 Å². The molecule has 0 saturated heterocycles. The zero-order valence-electron chi connectivity index (χ0n) is 13.4. The zero-order chi connectivity index (χ0) is 16.5. The van der Waals surface area contributed by atoms with E-state index in [0.717, 1.165) is 12.1 Å². The van der Waals surface area contributed by atoms with Gasteiger partial charge in [-0.2, -0.15) is 0 Å². The first-order chi connectivity index (χ1) is 10.2. The maximum absolute atomic E-state index is 13.6. The summed E-state index contributed by atoms with van der Waals surface area (Å²) in [5.74, 6) is -1.96. The molecular formula is C17H22F2O3. The van der Waals surface area contributed by atoms with Crippen molar-refractivity contribution in [3.8, 4) is 0 Å². The molecule has 5 heteroatoms. The first-order valence-corrected chi connectivity index (χ1v) is 7.49. The molecule has 122 valence electrons. The molecule has 0 bridgehead atoms. The Balaban J connectivity index is 1.96. The van der Waals surface area contributed by atoms with Crippen LogP contribution in [0.4, 0.5) is 8.78 Å². The third-order valence-electron chi connectivity index (χ3n) is 4.12. The van der Waals surface area contributed by atoms with Crippen LogP contribution in [0.15, 0.2) is 18.2 Å². The maximum Gasteiger partial charge on any atom is 0.341 e. The van der Waals surface area contributed by atoms with Crippen LogP contribution < -0.4 is 0 Å². The van der Waals surface area contributed by atoms with Crippen molar-refractivity contribution in [1.29, 1.82) is 0 Å². The topological polar surface area (TPSA) is 35.5 Å². The third kappa shape index (κ3) is 3.46. The van der Waals surface area contributed by atoms with Gasteiger partial charge >= 0.3 is 5.97 Å². The van der Waals surface area contributed by atoms with E-state index in [4.69, 9.17) is 9.47 Å². The smallest absolute Gasteiger partial charge is 0.341 e. The molecule has 2 unspecified atom stereocenters. The minimum Gasteiger partial charge on any atom is -0.458 e. The van der Waals surface area contributed by atoms with Crippen LogP contribution in [0.25, 0.3) is 0 Å². The summed E-state index contributed by atoms with van der Waals surface area (Å²) in [7, 11) is 0. The van der Waals surface area contributed by atoms with Crippen molar-refractivity contribution in [3.05, 3.63) is 35.4 Å². The number of rotatable bonds is 5. The molecule has 0 aromatic heterocycles. The molecule has 0 spiro atoms. The summed E-state index contributed by atoms with van der Waals surface area (Å²) >= 11 is 0. The maximum atomic E-state index is 13.6. The van der Waals surface area contributed by atoms with Gasteiger partial charge in [-0.15, -0.1) is 0 Å². The molecule has 3 nitrogen and oxygen atoms in total. The summed E-state index contributed by atoms with van der Waals surface area (Å²) in [5, 5.41) is 0. The van der Waals surface area contributed by atoms with Gasteiger partial charge in [0.1, 0.15) is 17.7 Å². The van der Waals surface area contributed by atoms with E-state index in [1.54, 1.807) is 0 Å². The molecule has 1 aliphatic rings. The van der Waals surface area contributed by atoms with E-state index >= 15 is 0 Å². The fourth-order valence-electron chi connectivity index (χ4n) is 2.49. The molecule has 0 aliphatic heterocycles. The Labute approximate surface area is 129 Å². The fourth-order valence-corrected chi connectivity index (χ4v) is 2.49. The number of halogens is 2. The molecule has 22 heavy (non-hydrogen) atoms. The lowest BCUT2D eigenvalue weighted by Crippen LogP contribution is -2.56. The van der Waals surface area contributed by atoms with E-state index < -0.39 is 17.6 Å². The Morgan fingerprint density at radius 3 is 2.55 bits per heavy atom. The molecule has 1 saturated carbocycles. The third-order valence-corrected chi connectivity index (χ3v) is 4.12. The van der Waals surface area contributed by atoms with Crippen molar-refractivity contribution in [1.82, 2.24) is 0 Å². The number of esters is 1. The molecule has 2 rings (SSSR count). The average molecular weight is 312 g/mol. The lowest BCUT2D eigenvalue weighted by atomic mass is 9.66. The summed E-state index contributed by atoms with van der Waals surface area (Å²) < 4.78 is 37.6. The predicted octanol–water partition coefficient (Wildman–Crippen LogP) is 3.96. The van der Waals surface area contributed by atoms with Crippen LogP contribution in [-0.2, 0) is 9.47 Å². The Hall–Kier alpha value is -1.49. The Morgan fingerprint density at radius 2 is 2.00 bits per heavy atom. The van der Waals surface area contributed by atoms with Crippen molar-refractivity contribution in [3.63, 3.8) is 0 Å². The Bertz CT molecular complexity index is 555. The van der Waals surface area contributed by atoms with E-state index in [0.29, 0.717) is 25.0 Å². The first-order valence-electron chi connectivity index (χ1n) is 7.49. The van der Waals surface area contributed by atoms with Crippen molar-refractivity contribution in [2.75, 3.05) is 6.61 Å². The lowest BCUT2D eigenvalue weighted by Gasteiger charge is -2.50. The minimum absolute atomic E-state index is 0.0192. The van der Waals surface area contributed by atoms with Crippen molar-refractivity contribution >= 4 is 5.97 Å². The van der Waals surface area contributed by atoms with Crippen LogP contribution >= 0.6 is 0 Å². The fraction of sp³-hybridized carbons (Fsp3) is 0.588. The van der Waals surface area contributed by atoms with E-state index in [-0.39, 0.29) is 23.2 Å². The average Bonchev–Trinajstić information content (AvgIpc) is 2.41. The highest BCUT2D eigenvalue weighted by molar-refractivity contribution is 5.89. The zero-order valence-corrected chi connectivity index (χ0v) is 13.4. The number of carbonyl (C=O) groups excluding carboxylic acids is 1. The summed E-state index contributed by atoms with van der Waals surface area (Å²) in [4.78, 5) is 12.0. The van der Waals surface area contributed by atoms with E-state index in [2.05, 4.69) is 13.8 Å². The van der Waals surface area contributed by atoms with E-state index in [1.165, 1.54) is 0 Å². The molecule has 1 aromatic carbocycles. The Kier molecular flexibility index (Phi) is 4.85. The normalized spacial score (nSPS) is 23.2.